The van der Waals surface area contributed by atoms with Gasteiger partial charge < -0.3 is 10.6 Å². The Labute approximate surface area is 165 Å². The molecule has 2 N–H and O–H groups in total. The summed E-state index contributed by atoms with van der Waals surface area (Å²) in [5.41, 5.74) is 4.61. The van der Waals surface area contributed by atoms with Crippen LogP contribution in [-0.2, 0) is 0 Å². The standard InChI is InChI=1S/C22H16N4OS/c27-22-25-19(14-6-2-1-3-7-14)18(20(26-22)15-10-12-23-13-11-15)21-24-16-8-4-5-9-17(16)28-21/h1-13,20H,(H2,25,26,27). The highest BCUT2D eigenvalue weighted by atomic mass is 32.1. The minimum atomic E-state index is -0.312. The van der Waals surface area contributed by atoms with E-state index in [4.69, 9.17) is 4.98 Å². The number of carbonyl (C=O) groups is 1. The van der Waals surface area contributed by atoms with Crippen molar-refractivity contribution in [2.24, 2.45) is 0 Å². The van der Waals surface area contributed by atoms with E-state index in [1.165, 1.54) is 0 Å². The van der Waals surface area contributed by atoms with Gasteiger partial charge in [0.25, 0.3) is 0 Å². The number of amides is 2. The molecule has 5 rings (SSSR count). The minimum Gasteiger partial charge on any atom is -0.327 e. The topological polar surface area (TPSA) is 66.9 Å². The molecule has 136 valence electrons. The molecule has 4 aromatic rings. The number of hydrogen-bond donors (Lipinski definition) is 2. The lowest BCUT2D eigenvalue weighted by atomic mass is 9.93. The van der Waals surface area contributed by atoms with Crippen molar-refractivity contribution >= 4 is 38.9 Å². The lowest BCUT2D eigenvalue weighted by Crippen LogP contribution is -2.42. The number of urea groups is 1. The maximum absolute atomic E-state index is 12.5. The van der Waals surface area contributed by atoms with Crippen LogP contribution in [0.15, 0.2) is 79.1 Å². The summed E-state index contributed by atoms with van der Waals surface area (Å²) in [6.45, 7) is 0. The predicted octanol–water partition coefficient (Wildman–Crippen LogP) is 4.61. The number of para-hydroxylation sites is 1. The predicted molar refractivity (Wildman–Crippen MR) is 112 cm³/mol. The van der Waals surface area contributed by atoms with E-state index in [9.17, 15) is 4.79 Å². The van der Waals surface area contributed by atoms with E-state index >= 15 is 0 Å². The average molecular weight is 384 g/mol. The zero-order chi connectivity index (χ0) is 18.9. The van der Waals surface area contributed by atoms with Gasteiger partial charge in [-0.15, -0.1) is 11.3 Å². The Kier molecular flexibility index (Phi) is 4.10. The number of pyridine rings is 1. The van der Waals surface area contributed by atoms with Gasteiger partial charge in [-0.1, -0.05) is 42.5 Å². The maximum Gasteiger partial charge on any atom is 0.320 e. The van der Waals surface area contributed by atoms with Crippen LogP contribution in [0.2, 0.25) is 0 Å². The Morgan fingerprint density at radius 3 is 2.43 bits per heavy atom. The molecule has 1 aliphatic heterocycles. The van der Waals surface area contributed by atoms with E-state index in [-0.39, 0.29) is 12.1 Å². The largest absolute Gasteiger partial charge is 0.327 e. The third kappa shape index (κ3) is 2.93. The van der Waals surface area contributed by atoms with Gasteiger partial charge in [-0.25, -0.2) is 9.78 Å². The van der Waals surface area contributed by atoms with Crippen molar-refractivity contribution in [3.63, 3.8) is 0 Å². The first-order valence-electron chi connectivity index (χ1n) is 8.92. The van der Waals surface area contributed by atoms with Crippen LogP contribution in [0.3, 0.4) is 0 Å². The molecule has 0 aliphatic carbocycles. The fraction of sp³-hybridized carbons (Fsp3) is 0.0455. The second-order valence-corrected chi connectivity index (χ2v) is 7.48. The van der Waals surface area contributed by atoms with Crippen molar-refractivity contribution < 1.29 is 4.79 Å². The summed E-state index contributed by atoms with van der Waals surface area (Å²) in [5, 5.41) is 6.95. The molecule has 1 atom stereocenters. The summed E-state index contributed by atoms with van der Waals surface area (Å²) in [6, 6.07) is 21.3. The van der Waals surface area contributed by atoms with Crippen LogP contribution in [0, 0.1) is 0 Å². The van der Waals surface area contributed by atoms with Crippen molar-refractivity contribution in [2.45, 2.75) is 6.04 Å². The maximum atomic E-state index is 12.5. The third-order valence-corrected chi connectivity index (χ3v) is 5.77. The normalized spacial score (nSPS) is 16.7. The van der Waals surface area contributed by atoms with Gasteiger partial charge in [0.2, 0.25) is 0 Å². The van der Waals surface area contributed by atoms with Crippen LogP contribution >= 0.6 is 11.3 Å². The summed E-state index contributed by atoms with van der Waals surface area (Å²) >= 11 is 1.63. The lowest BCUT2D eigenvalue weighted by Gasteiger charge is -2.29. The molecule has 0 saturated heterocycles. The van der Waals surface area contributed by atoms with Crippen molar-refractivity contribution in [3.8, 4) is 0 Å². The SMILES string of the molecule is O=C1NC(c2ccccc2)=C(c2nc3ccccc3s2)C(c2ccncc2)N1. The Morgan fingerprint density at radius 2 is 1.64 bits per heavy atom. The van der Waals surface area contributed by atoms with Crippen LogP contribution in [0.25, 0.3) is 21.5 Å². The number of nitrogens with one attached hydrogen (secondary N) is 2. The molecule has 0 bridgehead atoms. The van der Waals surface area contributed by atoms with Crippen molar-refractivity contribution in [1.82, 2.24) is 20.6 Å². The summed E-state index contributed by atoms with van der Waals surface area (Å²) in [7, 11) is 0. The molecule has 28 heavy (non-hydrogen) atoms. The highest BCUT2D eigenvalue weighted by Gasteiger charge is 2.31. The van der Waals surface area contributed by atoms with Crippen molar-refractivity contribution in [1.29, 1.82) is 0 Å². The highest BCUT2D eigenvalue weighted by Crippen LogP contribution is 2.40. The van der Waals surface area contributed by atoms with Gasteiger partial charge in [0.15, 0.2) is 0 Å². The Morgan fingerprint density at radius 1 is 0.893 bits per heavy atom. The second kappa shape index (κ2) is 6.90. The number of fused-ring (bicyclic) bond motifs is 1. The summed E-state index contributed by atoms with van der Waals surface area (Å²) in [4.78, 5) is 21.5. The number of thiazole rings is 1. The van der Waals surface area contributed by atoms with E-state index in [0.29, 0.717) is 0 Å². The molecule has 0 spiro atoms. The average Bonchev–Trinajstić information content (AvgIpc) is 3.18. The quantitative estimate of drug-likeness (QED) is 0.542. The van der Waals surface area contributed by atoms with Crippen LogP contribution in [-0.4, -0.2) is 16.0 Å². The smallest absolute Gasteiger partial charge is 0.320 e. The molecule has 3 heterocycles. The fourth-order valence-electron chi connectivity index (χ4n) is 3.42. The van der Waals surface area contributed by atoms with Crippen LogP contribution in [0.4, 0.5) is 4.79 Å². The van der Waals surface area contributed by atoms with Crippen molar-refractivity contribution in [2.75, 3.05) is 0 Å². The second-order valence-electron chi connectivity index (χ2n) is 6.45. The highest BCUT2D eigenvalue weighted by molar-refractivity contribution is 7.19. The molecule has 0 radical (unpaired) electrons. The molecule has 2 aromatic carbocycles. The van der Waals surface area contributed by atoms with E-state index < -0.39 is 0 Å². The van der Waals surface area contributed by atoms with Gasteiger partial charge >= 0.3 is 6.03 Å². The van der Waals surface area contributed by atoms with Gasteiger partial charge in [0, 0.05) is 18.0 Å². The monoisotopic (exact) mass is 384 g/mol. The zero-order valence-corrected chi connectivity index (χ0v) is 15.6. The number of nitrogens with zero attached hydrogens (tertiary/aromatic N) is 2. The summed E-state index contributed by atoms with van der Waals surface area (Å²) < 4.78 is 1.11. The number of benzene rings is 2. The van der Waals surface area contributed by atoms with Crippen molar-refractivity contribution in [3.05, 3.63) is 95.3 Å². The van der Waals surface area contributed by atoms with E-state index in [1.807, 2.05) is 60.7 Å². The van der Waals surface area contributed by atoms with Gasteiger partial charge in [-0.05, 0) is 35.4 Å². The van der Waals surface area contributed by atoms with Gasteiger partial charge in [0.05, 0.1) is 22.0 Å². The Balaban J connectivity index is 1.78. The first-order valence-corrected chi connectivity index (χ1v) is 9.74. The molecule has 1 aliphatic rings. The Bertz CT molecular complexity index is 1150. The lowest BCUT2D eigenvalue weighted by molar-refractivity contribution is 0.242. The van der Waals surface area contributed by atoms with Gasteiger partial charge in [-0.3, -0.25) is 4.98 Å². The van der Waals surface area contributed by atoms with Crippen LogP contribution < -0.4 is 10.6 Å². The van der Waals surface area contributed by atoms with E-state index in [2.05, 4.69) is 21.7 Å². The molecular weight excluding hydrogens is 368 g/mol. The van der Waals surface area contributed by atoms with E-state index in [0.717, 1.165) is 37.6 Å². The van der Waals surface area contributed by atoms with Crippen LogP contribution in [0.1, 0.15) is 22.2 Å². The first kappa shape index (κ1) is 16.6. The minimum absolute atomic E-state index is 0.231. The molecule has 2 aromatic heterocycles. The molecular formula is C22H16N4OS. The molecule has 1 unspecified atom stereocenters. The number of rotatable bonds is 3. The third-order valence-electron chi connectivity index (χ3n) is 4.70. The molecule has 0 saturated carbocycles. The number of hydrogen-bond acceptors (Lipinski definition) is 4. The fourth-order valence-corrected chi connectivity index (χ4v) is 4.47. The number of aromatic nitrogens is 2. The Hall–Kier alpha value is -3.51. The summed E-state index contributed by atoms with van der Waals surface area (Å²) in [6.07, 6.45) is 3.48. The van der Waals surface area contributed by atoms with Gasteiger partial charge in [0.1, 0.15) is 5.01 Å². The van der Waals surface area contributed by atoms with Crippen LogP contribution in [0.5, 0.6) is 0 Å². The molecule has 0 fully saturated rings. The van der Waals surface area contributed by atoms with Gasteiger partial charge in [-0.2, -0.15) is 0 Å². The molecule has 2 amide bonds. The first-order chi connectivity index (χ1) is 13.8. The zero-order valence-electron chi connectivity index (χ0n) is 14.8. The molecule has 5 nitrogen and oxygen atoms in total. The molecule has 6 heteroatoms. The number of carbonyl (C=O) groups excluding carboxylic acids is 1. The summed E-state index contributed by atoms with van der Waals surface area (Å²) in [5.74, 6) is 0. The van der Waals surface area contributed by atoms with E-state index in [1.54, 1.807) is 23.7 Å².